The number of hydrogen-bond donors (Lipinski definition) is 0. The Hall–Kier alpha value is 0.220. The molecule has 18 heavy (non-hydrogen) atoms. The Balaban J connectivity index is 1.91. The van der Waals surface area contributed by atoms with E-state index in [9.17, 15) is 8.42 Å². The highest BCUT2D eigenvalue weighted by atomic mass is 32.2. The molecule has 4 nitrogen and oxygen atoms in total. The van der Waals surface area contributed by atoms with E-state index in [1.54, 1.807) is 4.31 Å². The van der Waals surface area contributed by atoms with E-state index in [4.69, 9.17) is 0 Å². The maximum atomic E-state index is 12.4. The van der Waals surface area contributed by atoms with Gasteiger partial charge in [0.15, 0.2) is 0 Å². The first-order valence-corrected chi connectivity index (χ1v) is 9.65. The zero-order chi connectivity index (χ0) is 13.0. The molecule has 0 unspecified atom stereocenters. The van der Waals surface area contributed by atoms with Crippen molar-refractivity contribution >= 4 is 21.8 Å². The van der Waals surface area contributed by atoms with E-state index in [0.717, 1.165) is 31.0 Å². The van der Waals surface area contributed by atoms with Gasteiger partial charge in [0.05, 0.1) is 5.75 Å². The fraction of sp³-hybridized carbons (Fsp3) is 1.00. The summed E-state index contributed by atoms with van der Waals surface area (Å²) >= 11 is 1.87. The molecule has 2 saturated heterocycles. The molecule has 2 fully saturated rings. The van der Waals surface area contributed by atoms with Crippen LogP contribution in [0.25, 0.3) is 0 Å². The number of hydrogen-bond acceptors (Lipinski definition) is 4. The average Bonchev–Trinajstić information content (AvgIpc) is 2.75. The molecule has 0 radical (unpaired) electrons. The minimum Gasteiger partial charge on any atom is -0.302 e. The third kappa shape index (κ3) is 3.85. The van der Waals surface area contributed by atoms with Gasteiger partial charge in [-0.15, -0.1) is 0 Å². The SMILES string of the molecule is C[C@@H]1CCSCCN1S(=O)(=O)CCN1CCCC1. The van der Waals surface area contributed by atoms with Crippen LogP contribution in [0.1, 0.15) is 26.2 Å². The number of nitrogens with zero attached hydrogens (tertiary/aromatic N) is 2. The Morgan fingerprint density at radius 3 is 2.61 bits per heavy atom. The maximum Gasteiger partial charge on any atom is 0.215 e. The van der Waals surface area contributed by atoms with Crippen molar-refractivity contribution in [1.82, 2.24) is 9.21 Å². The molecule has 0 aromatic heterocycles. The predicted molar refractivity (Wildman–Crippen MR) is 77.6 cm³/mol. The van der Waals surface area contributed by atoms with Crippen LogP contribution in [0.3, 0.4) is 0 Å². The highest BCUT2D eigenvalue weighted by Gasteiger charge is 2.29. The molecule has 2 aliphatic rings. The molecular weight excluding hydrogens is 268 g/mol. The van der Waals surface area contributed by atoms with Crippen molar-refractivity contribution in [3.8, 4) is 0 Å². The molecule has 0 amide bonds. The van der Waals surface area contributed by atoms with Crippen LogP contribution in [0.4, 0.5) is 0 Å². The predicted octanol–water partition coefficient (Wildman–Crippen LogP) is 1.24. The molecule has 2 rings (SSSR count). The van der Waals surface area contributed by atoms with E-state index in [0.29, 0.717) is 18.8 Å². The zero-order valence-corrected chi connectivity index (χ0v) is 12.8. The summed E-state index contributed by atoms with van der Waals surface area (Å²) in [4.78, 5) is 2.27. The summed E-state index contributed by atoms with van der Waals surface area (Å²) in [7, 11) is -3.07. The van der Waals surface area contributed by atoms with Crippen molar-refractivity contribution in [3.05, 3.63) is 0 Å². The summed E-state index contributed by atoms with van der Waals surface area (Å²) in [5, 5.41) is 0. The van der Waals surface area contributed by atoms with Crippen molar-refractivity contribution in [2.45, 2.75) is 32.2 Å². The van der Waals surface area contributed by atoms with Gasteiger partial charge in [-0.1, -0.05) is 0 Å². The van der Waals surface area contributed by atoms with Crippen LogP contribution in [-0.2, 0) is 10.0 Å². The van der Waals surface area contributed by atoms with Gasteiger partial charge in [-0.3, -0.25) is 0 Å². The van der Waals surface area contributed by atoms with Gasteiger partial charge in [0.1, 0.15) is 0 Å². The summed E-state index contributed by atoms with van der Waals surface area (Å²) in [6.45, 7) is 5.58. The van der Waals surface area contributed by atoms with Crippen molar-refractivity contribution in [1.29, 1.82) is 0 Å². The molecule has 0 saturated carbocycles. The first-order chi connectivity index (χ1) is 8.59. The van der Waals surface area contributed by atoms with Gasteiger partial charge in [-0.2, -0.15) is 16.1 Å². The fourth-order valence-electron chi connectivity index (χ4n) is 2.66. The molecule has 2 aliphatic heterocycles. The summed E-state index contributed by atoms with van der Waals surface area (Å²) in [5.41, 5.74) is 0. The lowest BCUT2D eigenvalue weighted by Crippen LogP contribution is -2.42. The largest absolute Gasteiger partial charge is 0.302 e. The van der Waals surface area contributed by atoms with Gasteiger partial charge in [-0.05, 0) is 45.0 Å². The minimum absolute atomic E-state index is 0.170. The normalized spacial score (nSPS) is 28.4. The molecule has 106 valence electrons. The van der Waals surface area contributed by atoms with E-state index in [1.807, 2.05) is 18.7 Å². The van der Waals surface area contributed by atoms with Gasteiger partial charge >= 0.3 is 0 Å². The lowest BCUT2D eigenvalue weighted by atomic mass is 10.3. The Bertz CT molecular complexity index is 353. The van der Waals surface area contributed by atoms with Crippen molar-refractivity contribution in [2.75, 3.05) is 43.4 Å². The molecule has 2 heterocycles. The highest BCUT2D eigenvalue weighted by molar-refractivity contribution is 7.99. The van der Waals surface area contributed by atoms with Crippen LogP contribution < -0.4 is 0 Å². The van der Waals surface area contributed by atoms with Crippen molar-refractivity contribution in [3.63, 3.8) is 0 Å². The van der Waals surface area contributed by atoms with Gasteiger partial charge in [-0.25, -0.2) is 8.42 Å². The third-order valence-electron chi connectivity index (χ3n) is 3.85. The second-order valence-electron chi connectivity index (χ2n) is 5.23. The van der Waals surface area contributed by atoms with Gasteiger partial charge in [0.25, 0.3) is 0 Å². The fourth-order valence-corrected chi connectivity index (χ4v) is 5.56. The number of likely N-dealkylation sites (tertiary alicyclic amines) is 1. The molecule has 1 atom stereocenters. The number of thioether (sulfide) groups is 1. The minimum atomic E-state index is -3.07. The lowest BCUT2D eigenvalue weighted by molar-refractivity contribution is 0.333. The summed E-state index contributed by atoms with van der Waals surface area (Å²) < 4.78 is 26.5. The van der Waals surface area contributed by atoms with Crippen LogP contribution in [0.15, 0.2) is 0 Å². The zero-order valence-electron chi connectivity index (χ0n) is 11.2. The second-order valence-corrected chi connectivity index (χ2v) is 8.49. The quantitative estimate of drug-likeness (QED) is 0.782. The number of sulfonamides is 1. The Morgan fingerprint density at radius 1 is 1.17 bits per heavy atom. The van der Waals surface area contributed by atoms with Crippen molar-refractivity contribution in [2.24, 2.45) is 0 Å². The number of rotatable bonds is 4. The Morgan fingerprint density at radius 2 is 1.89 bits per heavy atom. The molecule has 0 spiro atoms. The van der Waals surface area contributed by atoms with Crippen LogP contribution in [0, 0.1) is 0 Å². The molecule has 0 aliphatic carbocycles. The van der Waals surface area contributed by atoms with E-state index < -0.39 is 10.0 Å². The van der Waals surface area contributed by atoms with E-state index in [-0.39, 0.29) is 6.04 Å². The van der Waals surface area contributed by atoms with Crippen molar-refractivity contribution < 1.29 is 8.42 Å². The monoisotopic (exact) mass is 292 g/mol. The molecular formula is C12H24N2O2S2. The topological polar surface area (TPSA) is 40.6 Å². The second kappa shape index (κ2) is 6.59. The molecule has 0 aromatic rings. The molecule has 6 heteroatoms. The molecule has 0 N–H and O–H groups in total. The summed E-state index contributed by atoms with van der Waals surface area (Å²) in [6, 6.07) is 0.170. The third-order valence-corrected chi connectivity index (χ3v) is 6.80. The first-order valence-electron chi connectivity index (χ1n) is 6.89. The first kappa shape index (κ1) is 14.6. The summed E-state index contributed by atoms with van der Waals surface area (Å²) in [6.07, 6.45) is 3.42. The van der Waals surface area contributed by atoms with Crippen LogP contribution in [0.5, 0.6) is 0 Å². The van der Waals surface area contributed by atoms with Gasteiger partial charge < -0.3 is 4.90 Å². The van der Waals surface area contributed by atoms with Crippen LogP contribution in [-0.4, -0.2) is 67.1 Å². The van der Waals surface area contributed by atoms with E-state index in [1.165, 1.54) is 12.8 Å². The van der Waals surface area contributed by atoms with E-state index in [2.05, 4.69) is 4.90 Å². The lowest BCUT2D eigenvalue weighted by Gasteiger charge is -2.27. The Kier molecular flexibility index (Phi) is 5.35. The van der Waals surface area contributed by atoms with E-state index >= 15 is 0 Å². The van der Waals surface area contributed by atoms with Crippen LogP contribution in [0.2, 0.25) is 0 Å². The molecule has 0 aromatic carbocycles. The van der Waals surface area contributed by atoms with Gasteiger partial charge in [0, 0.05) is 24.9 Å². The Labute approximate surface area is 115 Å². The standard InChI is InChI=1S/C12H24N2O2S2/c1-12-4-9-17-10-7-14(12)18(15,16)11-8-13-5-2-3-6-13/h12H,2-11H2,1H3/t12-/m1/s1. The smallest absolute Gasteiger partial charge is 0.215 e. The summed E-state index contributed by atoms with van der Waals surface area (Å²) in [5.74, 6) is 2.31. The van der Waals surface area contributed by atoms with Gasteiger partial charge in [0.2, 0.25) is 10.0 Å². The average molecular weight is 292 g/mol. The van der Waals surface area contributed by atoms with Crippen LogP contribution >= 0.6 is 11.8 Å². The molecule has 0 bridgehead atoms. The highest BCUT2D eigenvalue weighted by Crippen LogP contribution is 2.19. The maximum absolute atomic E-state index is 12.4.